The summed E-state index contributed by atoms with van der Waals surface area (Å²) in [4.78, 5) is 3.62. The average molecular weight is 346 g/mol. The molecular formula is C20H12BrN. The summed E-state index contributed by atoms with van der Waals surface area (Å²) in [5.74, 6) is 0. The van der Waals surface area contributed by atoms with Crippen molar-refractivity contribution in [2.45, 2.75) is 0 Å². The van der Waals surface area contributed by atoms with Crippen LogP contribution >= 0.6 is 15.9 Å². The van der Waals surface area contributed by atoms with Gasteiger partial charge in [0, 0.05) is 26.1 Å². The number of aromatic nitrogens is 1. The molecule has 1 N–H and O–H groups in total. The fourth-order valence-corrected chi connectivity index (χ4v) is 4.04. The highest BCUT2D eigenvalue weighted by atomic mass is 79.9. The number of H-pyrrole nitrogens is 1. The second kappa shape index (κ2) is 4.34. The molecule has 104 valence electrons. The predicted molar refractivity (Wildman–Crippen MR) is 98.5 cm³/mol. The lowest BCUT2D eigenvalue weighted by molar-refractivity contribution is 1.56. The van der Waals surface area contributed by atoms with Gasteiger partial charge in [-0.05, 0) is 22.2 Å². The van der Waals surface area contributed by atoms with Crippen molar-refractivity contribution >= 4 is 59.3 Å². The van der Waals surface area contributed by atoms with Crippen molar-refractivity contribution in [3.63, 3.8) is 0 Å². The normalized spacial score (nSPS) is 11.9. The Labute approximate surface area is 135 Å². The highest BCUT2D eigenvalue weighted by Crippen LogP contribution is 2.38. The number of halogens is 1. The third-order valence-corrected chi connectivity index (χ3v) is 5.11. The lowest BCUT2D eigenvalue weighted by Crippen LogP contribution is -1.77. The zero-order valence-corrected chi connectivity index (χ0v) is 13.3. The lowest BCUT2D eigenvalue weighted by Gasteiger charge is -2.03. The summed E-state index contributed by atoms with van der Waals surface area (Å²) < 4.78 is 1.13. The number of hydrogen-bond donors (Lipinski definition) is 1. The van der Waals surface area contributed by atoms with Gasteiger partial charge in [-0.2, -0.15) is 0 Å². The van der Waals surface area contributed by atoms with Crippen molar-refractivity contribution in [1.29, 1.82) is 0 Å². The van der Waals surface area contributed by atoms with Crippen LogP contribution in [0.3, 0.4) is 0 Å². The SMILES string of the molecule is Brc1cc2[nH]c3c4ccccc4ccc3c2c2ccccc12. The maximum atomic E-state index is 3.70. The van der Waals surface area contributed by atoms with E-state index in [1.807, 2.05) is 0 Å². The minimum atomic E-state index is 1.13. The lowest BCUT2D eigenvalue weighted by atomic mass is 10.0. The van der Waals surface area contributed by atoms with E-state index < -0.39 is 0 Å². The molecule has 0 saturated carbocycles. The van der Waals surface area contributed by atoms with Crippen molar-refractivity contribution in [2.75, 3.05) is 0 Å². The molecule has 0 aliphatic heterocycles. The number of aromatic amines is 1. The van der Waals surface area contributed by atoms with Gasteiger partial charge in [-0.15, -0.1) is 0 Å². The standard InChI is InChI=1S/C20H12BrN/c21-17-11-18-19(15-8-4-3-7-14(15)17)16-10-9-12-5-1-2-6-13(12)20(16)22-18/h1-11,22H. The largest absolute Gasteiger partial charge is 0.354 e. The Morgan fingerprint density at radius 1 is 0.682 bits per heavy atom. The van der Waals surface area contributed by atoms with Gasteiger partial charge < -0.3 is 4.98 Å². The van der Waals surface area contributed by atoms with E-state index in [0.717, 1.165) is 4.47 Å². The van der Waals surface area contributed by atoms with Crippen LogP contribution < -0.4 is 0 Å². The zero-order chi connectivity index (χ0) is 14.7. The summed E-state index contributed by atoms with van der Waals surface area (Å²) in [5, 5.41) is 7.68. The average Bonchev–Trinajstić information content (AvgIpc) is 2.94. The van der Waals surface area contributed by atoms with Crippen molar-refractivity contribution in [3.8, 4) is 0 Å². The first-order valence-electron chi connectivity index (χ1n) is 7.33. The van der Waals surface area contributed by atoms with Crippen molar-refractivity contribution in [2.24, 2.45) is 0 Å². The van der Waals surface area contributed by atoms with Gasteiger partial charge >= 0.3 is 0 Å². The number of hydrogen-bond acceptors (Lipinski definition) is 0. The summed E-state index contributed by atoms with van der Waals surface area (Å²) in [5.41, 5.74) is 2.40. The van der Waals surface area contributed by atoms with Crippen LogP contribution in [0.1, 0.15) is 0 Å². The Morgan fingerprint density at radius 2 is 1.41 bits per heavy atom. The van der Waals surface area contributed by atoms with E-state index in [2.05, 4.69) is 87.6 Å². The van der Waals surface area contributed by atoms with Crippen LogP contribution in [0.4, 0.5) is 0 Å². The Morgan fingerprint density at radius 3 is 2.27 bits per heavy atom. The Bertz CT molecular complexity index is 1180. The molecule has 22 heavy (non-hydrogen) atoms. The van der Waals surface area contributed by atoms with E-state index >= 15 is 0 Å². The van der Waals surface area contributed by atoms with Gasteiger partial charge in [0.2, 0.25) is 0 Å². The molecule has 0 aliphatic carbocycles. The fourth-order valence-electron chi connectivity index (χ4n) is 3.47. The van der Waals surface area contributed by atoms with Crippen LogP contribution in [0.15, 0.2) is 71.2 Å². The molecule has 1 nitrogen and oxygen atoms in total. The van der Waals surface area contributed by atoms with E-state index in [9.17, 15) is 0 Å². The quantitative estimate of drug-likeness (QED) is 0.334. The van der Waals surface area contributed by atoms with Crippen LogP contribution in [-0.4, -0.2) is 4.98 Å². The fraction of sp³-hybridized carbons (Fsp3) is 0. The number of rotatable bonds is 0. The van der Waals surface area contributed by atoms with Gasteiger partial charge in [0.15, 0.2) is 0 Å². The van der Waals surface area contributed by atoms with Gasteiger partial charge in [-0.1, -0.05) is 76.6 Å². The summed E-state index contributed by atoms with van der Waals surface area (Å²) >= 11 is 3.70. The van der Waals surface area contributed by atoms with E-state index in [1.165, 1.54) is 43.4 Å². The van der Waals surface area contributed by atoms with Gasteiger partial charge in [-0.3, -0.25) is 0 Å². The minimum absolute atomic E-state index is 1.13. The molecule has 0 aliphatic rings. The molecule has 5 aromatic rings. The van der Waals surface area contributed by atoms with Crippen LogP contribution in [0.5, 0.6) is 0 Å². The maximum Gasteiger partial charge on any atom is 0.0544 e. The van der Waals surface area contributed by atoms with Crippen molar-refractivity contribution in [1.82, 2.24) is 4.98 Å². The second-order valence-electron chi connectivity index (χ2n) is 5.66. The van der Waals surface area contributed by atoms with Gasteiger partial charge in [0.25, 0.3) is 0 Å². The maximum absolute atomic E-state index is 3.70. The number of benzene rings is 4. The Balaban J connectivity index is 2.12. The van der Waals surface area contributed by atoms with E-state index in [4.69, 9.17) is 0 Å². The van der Waals surface area contributed by atoms with E-state index in [-0.39, 0.29) is 0 Å². The molecule has 0 fully saturated rings. The van der Waals surface area contributed by atoms with Crippen molar-refractivity contribution < 1.29 is 0 Å². The van der Waals surface area contributed by atoms with Crippen LogP contribution in [0.25, 0.3) is 43.4 Å². The van der Waals surface area contributed by atoms with Gasteiger partial charge in [-0.25, -0.2) is 0 Å². The molecule has 0 bridgehead atoms. The van der Waals surface area contributed by atoms with Crippen LogP contribution in [0, 0.1) is 0 Å². The van der Waals surface area contributed by atoms with Crippen molar-refractivity contribution in [3.05, 3.63) is 71.2 Å². The Hall–Kier alpha value is -2.32. The molecule has 1 aromatic heterocycles. The molecule has 0 atom stereocenters. The Kier molecular flexibility index (Phi) is 2.42. The van der Waals surface area contributed by atoms with E-state index in [0.29, 0.717) is 0 Å². The molecule has 4 aromatic carbocycles. The predicted octanol–water partition coefficient (Wildman–Crippen LogP) is 6.39. The monoisotopic (exact) mass is 345 g/mol. The highest BCUT2D eigenvalue weighted by Gasteiger charge is 2.12. The summed E-state index contributed by atoms with van der Waals surface area (Å²) in [6, 6.07) is 23.7. The molecule has 5 rings (SSSR count). The molecule has 2 heteroatoms. The summed E-state index contributed by atoms with van der Waals surface area (Å²) in [7, 11) is 0. The molecular weight excluding hydrogens is 334 g/mol. The summed E-state index contributed by atoms with van der Waals surface area (Å²) in [6.07, 6.45) is 0. The third kappa shape index (κ3) is 1.53. The van der Waals surface area contributed by atoms with Crippen LogP contribution in [-0.2, 0) is 0 Å². The van der Waals surface area contributed by atoms with E-state index in [1.54, 1.807) is 0 Å². The van der Waals surface area contributed by atoms with Crippen LogP contribution in [0.2, 0.25) is 0 Å². The molecule has 0 saturated heterocycles. The highest BCUT2D eigenvalue weighted by molar-refractivity contribution is 9.10. The first kappa shape index (κ1) is 12.2. The molecule has 0 spiro atoms. The minimum Gasteiger partial charge on any atom is -0.354 e. The van der Waals surface area contributed by atoms with Gasteiger partial charge in [0.1, 0.15) is 0 Å². The smallest absolute Gasteiger partial charge is 0.0544 e. The molecule has 0 radical (unpaired) electrons. The third-order valence-electron chi connectivity index (χ3n) is 4.45. The molecule has 0 amide bonds. The second-order valence-corrected chi connectivity index (χ2v) is 6.52. The molecule has 0 unspecified atom stereocenters. The number of nitrogens with one attached hydrogen (secondary N) is 1. The van der Waals surface area contributed by atoms with Gasteiger partial charge in [0.05, 0.1) is 5.52 Å². The topological polar surface area (TPSA) is 15.8 Å². The molecule has 1 heterocycles. The summed E-state index contributed by atoms with van der Waals surface area (Å²) in [6.45, 7) is 0. The number of fused-ring (bicyclic) bond motifs is 7. The zero-order valence-electron chi connectivity index (χ0n) is 11.7. The first-order chi connectivity index (χ1) is 10.8. The first-order valence-corrected chi connectivity index (χ1v) is 8.12.